The van der Waals surface area contributed by atoms with Crippen LogP contribution in [0.3, 0.4) is 0 Å². The van der Waals surface area contributed by atoms with Gasteiger partial charge in [-0.15, -0.1) is 0 Å². The summed E-state index contributed by atoms with van der Waals surface area (Å²) < 4.78 is 0. The molecule has 0 atom stereocenters. The van der Waals surface area contributed by atoms with Crippen molar-refractivity contribution in [3.05, 3.63) is 44.8 Å². The predicted octanol–water partition coefficient (Wildman–Crippen LogP) is 5.43. The van der Waals surface area contributed by atoms with Gasteiger partial charge in [0.25, 0.3) is 0 Å². The molecule has 2 aliphatic rings. The Morgan fingerprint density at radius 3 is 1.21 bits per heavy atom. The topological polar surface area (TPSA) is 121 Å². The standard InChI is InChI=1S/C26H24N6S/c27-13-19-17-9-5-1-3-7-11-23(17)31-25(21(19)15-29)33-26-22(16-30)20(14-28)18-10-6-2-4-8-12-24(18)32-26/h1-12H2. The Balaban J connectivity index is 1.87. The minimum Gasteiger partial charge on any atom is -0.244 e. The monoisotopic (exact) mass is 452 g/mol. The fourth-order valence-corrected chi connectivity index (χ4v) is 5.83. The zero-order chi connectivity index (χ0) is 23.2. The van der Waals surface area contributed by atoms with E-state index in [-0.39, 0.29) is 11.1 Å². The van der Waals surface area contributed by atoms with Gasteiger partial charge in [-0.2, -0.15) is 21.0 Å². The number of aromatic nitrogens is 2. The third-order valence-corrected chi connectivity index (χ3v) is 7.50. The maximum absolute atomic E-state index is 9.93. The fraction of sp³-hybridized carbons (Fsp3) is 0.462. The third-order valence-electron chi connectivity index (χ3n) is 6.52. The third kappa shape index (κ3) is 4.57. The highest BCUT2D eigenvalue weighted by atomic mass is 32.2. The molecule has 0 radical (unpaired) electrons. The smallest absolute Gasteiger partial charge is 0.122 e. The fourth-order valence-electron chi connectivity index (χ4n) is 4.84. The van der Waals surface area contributed by atoms with Gasteiger partial charge in [-0.25, -0.2) is 9.97 Å². The molecule has 4 rings (SSSR count). The quantitative estimate of drug-likeness (QED) is 0.595. The van der Waals surface area contributed by atoms with Crippen LogP contribution in [0.25, 0.3) is 0 Å². The Labute approximate surface area is 198 Å². The summed E-state index contributed by atoms with van der Waals surface area (Å²) in [6.07, 6.45) is 11.5. The summed E-state index contributed by atoms with van der Waals surface area (Å²) in [5, 5.41) is 40.5. The van der Waals surface area contributed by atoms with Crippen molar-refractivity contribution in [3.63, 3.8) is 0 Å². The first-order valence-electron chi connectivity index (χ1n) is 11.6. The molecule has 2 aliphatic carbocycles. The largest absolute Gasteiger partial charge is 0.244 e. The number of nitriles is 4. The summed E-state index contributed by atoms with van der Waals surface area (Å²) >= 11 is 1.15. The lowest BCUT2D eigenvalue weighted by atomic mass is 9.92. The van der Waals surface area contributed by atoms with Crippen LogP contribution in [0.4, 0.5) is 0 Å². The van der Waals surface area contributed by atoms with E-state index in [2.05, 4.69) is 24.3 Å². The van der Waals surface area contributed by atoms with E-state index < -0.39 is 0 Å². The summed E-state index contributed by atoms with van der Waals surface area (Å²) in [5.41, 5.74) is 4.82. The van der Waals surface area contributed by atoms with Gasteiger partial charge >= 0.3 is 0 Å². The van der Waals surface area contributed by atoms with Crippen LogP contribution in [-0.2, 0) is 25.7 Å². The van der Waals surface area contributed by atoms with E-state index in [4.69, 9.17) is 9.97 Å². The number of pyridine rings is 2. The van der Waals surface area contributed by atoms with Gasteiger partial charge in [0.05, 0.1) is 11.1 Å². The zero-order valence-corrected chi connectivity index (χ0v) is 19.4. The number of rotatable bonds is 2. The van der Waals surface area contributed by atoms with Crippen LogP contribution in [0.5, 0.6) is 0 Å². The molecule has 0 fully saturated rings. The minimum atomic E-state index is 0.248. The van der Waals surface area contributed by atoms with Gasteiger partial charge in [-0.3, -0.25) is 0 Å². The van der Waals surface area contributed by atoms with E-state index in [0.29, 0.717) is 21.2 Å². The van der Waals surface area contributed by atoms with Crippen molar-refractivity contribution in [2.75, 3.05) is 0 Å². The van der Waals surface area contributed by atoms with Crippen molar-refractivity contribution < 1.29 is 0 Å². The van der Waals surface area contributed by atoms with Gasteiger partial charge < -0.3 is 0 Å². The van der Waals surface area contributed by atoms with Crippen LogP contribution >= 0.6 is 11.8 Å². The number of hydrogen-bond donors (Lipinski definition) is 0. The van der Waals surface area contributed by atoms with Gasteiger partial charge in [0.15, 0.2) is 0 Å². The van der Waals surface area contributed by atoms with Crippen LogP contribution in [0.2, 0.25) is 0 Å². The first-order valence-corrected chi connectivity index (χ1v) is 12.4. The van der Waals surface area contributed by atoms with Crippen molar-refractivity contribution in [1.29, 1.82) is 21.0 Å². The van der Waals surface area contributed by atoms with Crippen LogP contribution in [-0.4, -0.2) is 9.97 Å². The average Bonchev–Trinajstić information content (AvgIpc) is 2.79. The summed E-state index contributed by atoms with van der Waals surface area (Å²) in [6.45, 7) is 0. The molecule has 0 aromatic carbocycles. The second-order valence-electron chi connectivity index (χ2n) is 8.56. The van der Waals surface area contributed by atoms with E-state index in [1.54, 1.807) is 0 Å². The maximum atomic E-state index is 9.93. The van der Waals surface area contributed by atoms with Crippen molar-refractivity contribution in [3.8, 4) is 24.3 Å². The van der Waals surface area contributed by atoms with Crippen molar-refractivity contribution in [2.24, 2.45) is 0 Å². The lowest BCUT2D eigenvalue weighted by molar-refractivity contribution is 0.603. The lowest BCUT2D eigenvalue weighted by Gasteiger charge is -2.19. The van der Waals surface area contributed by atoms with Gasteiger partial charge in [-0.05, 0) is 74.3 Å². The van der Waals surface area contributed by atoms with Gasteiger partial charge in [0.1, 0.15) is 45.5 Å². The molecule has 2 aromatic rings. The van der Waals surface area contributed by atoms with E-state index in [1.165, 1.54) is 0 Å². The summed E-state index contributed by atoms with van der Waals surface area (Å²) in [7, 11) is 0. The molecule has 0 unspecified atom stereocenters. The SMILES string of the molecule is N#Cc1c(Sc2nc3c(c(C#N)c2C#N)CCCCCC3)nc2c(c1C#N)CCCCCC2. The normalized spacial score (nSPS) is 15.6. The second kappa shape index (κ2) is 10.5. The van der Waals surface area contributed by atoms with Crippen molar-refractivity contribution >= 4 is 11.8 Å². The molecule has 0 saturated heterocycles. The predicted molar refractivity (Wildman–Crippen MR) is 123 cm³/mol. The van der Waals surface area contributed by atoms with Gasteiger partial charge in [-0.1, -0.05) is 25.7 Å². The van der Waals surface area contributed by atoms with E-state index in [1.807, 2.05) is 0 Å². The molecule has 0 bridgehead atoms. The Kier molecular flexibility index (Phi) is 7.24. The van der Waals surface area contributed by atoms with Crippen LogP contribution in [0.15, 0.2) is 10.1 Å². The van der Waals surface area contributed by atoms with Gasteiger partial charge in [0, 0.05) is 11.4 Å². The highest BCUT2D eigenvalue weighted by Crippen LogP contribution is 2.37. The molecule has 164 valence electrons. The molecule has 2 heterocycles. The first kappa shape index (κ1) is 22.8. The lowest BCUT2D eigenvalue weighted by Crippen LogP contribution is -2.11. The Bertz CT molecular complexity index is 1150. The van der Waals surface area contributed by atoms with Crippen molar-refractivity contribution in [2.45, 2.75) is 87.1 Å². The molecular formula is C26H24N6S. The molecular weight excluding hydrogens is 428 g/mol. The highest BCUT2D eigenvalue weighted by molar-refractivity contribution is 7.99. The molecule has 0 amide bonds. The summed E-state index contributed by atoms with van der Waals surface area (Å²) in [4.78, 5) is 9.65. The average molecular weight is 453 g/mol. The maximum Gasteiger partial charge on any atom is 0.122 e. The molecule has 2 aromatic heterocycles. The Hall–Kier alpha value is -3.39. The van der Waals surface area contributed by atoms with E-state index in [9.17, 15) is 21.0 Å². The van der Waals surface area contributed by atoms with Crippen molar-refractivity contribution in [1.82, 2.24) is 9.97 Å². The van der Waals surface area contributed by atoms with Crippen LogP contribution < -0.4 is 0 Å². The first-order chi connectivity index (χ1) is 16.2. The van der Waals surface area contributed by atoms with Crippen LogP contribution in [0.1, 0.15) is 96.1 Å². The second-order valence-corrected chi connectivity index (χ2v) is 9.54. The Morgan fingerprint density at radius 1 is 0.485 bits per heavy atom. The zero-order valence-electron chi connectivity index (χ0n) is 18.6. The number of aryl methyl sites for hydroxylation is 2. The van der Waals surface area contributed by atoms with Crippen LogP contribution in [0, 0.1) is 45.3 Å². The highest BCUT2D eigenvalue weighted by Gasteiger charge is 2.25. The van der Waals surface area contributed by atoms with E-state index >= 15 is 0 Å². The molecule has 7 heteroatoms. The molecule has 0 spiro atoms. The summed E-state index contributed by atoms with van der Waals surface area (Å²) in [6, 6.07) is 8.88. The number of hydrogen-bond acceptors (Lipinski definition) is 7. The van der Waals surface area contributed by atoms with E-state index in [0.717, 1.165) is 111 Å². The van der Waals surface area contributed by atoms with Gasteiger partial charge in [0.2, 0.25) is 0 Å². The molecule has 0 N–H and O–H groups in total. The molecule has 33 heavy (non-hydrogen) atoms. The number of fused-ring (bicyclic) bond motifs is 2. The summed E-state index contributed by atoms with van der Waals surface area (Å²) in [5.74, 6) is 0. The minimum absolute atomic E-state index is 0.248. The number of nitrogens with zero attached hydrogens (tertiary/aromatic N) is 6. The molecule has 6 nitrogen and oxygen atoms in total. The Morgan fingerprint density at radius 2 is 0.848 bits per heavy atom. The molecule has 0 saturated carbocycles. The molecule has 0 aliphatic heterocycles.